The second-order valence-corrected chi connectivity index (χ2v) is 7.96. The highest BCUT2D eigenvalue weighted by atomic mass is 35.5. The van der Waals surface area contributed by atoms with E-state index < -0.39 is 0 Å². The monoisotopic (exact) mass is 390 g/mol. The van der Waals surface area contributed by atoms with Gasteiger partial charge in [-0.25, -0.2) is 0 Å². The molecule has 0 radical (unpaired) electrons. The lowest BCUT2D eigenvalue weighted by molar-refractivity contribution is -0.119. The number of benzene rings is 1. The SMILES string of the molecule is CC(C)c1ccc(NC(=O)[C@H]2CNC[C@@H]2c2cnn(C)c2)c(C(C)C)c1.Cl. The Labute approximate surface area is 168 Å². The molecule has 0 spiro atoms. The van der Waals surface area contributed by atoms with Gasteiger partial charge in [0.25, 0.3) is 0 Å². The Morgan fingerprint density at radius 1 is 1.22 bits per heavy atom. The summed E-state index contributed by atoms with van der Waals surface area (Å²) in [7, 11) is 1.91. The van der Waals surface area contributed by atoms with Crippen LogP contribution in [0.4, 0.5) is 5.69 Å². The number of halogens is 1. The number of carbonyl (C=O) groups is 1. The Balaban J connectivity index is 0.00000261. The molecule has 1 amide bonds. The minimum atomic E-state index is -0.0796. The Morgan fingerprint density at radius 2 is 1.96 bits per heavy atom. The largest absolute Gasteiger partial charge is 0.326 e. The average molecular weight is 391 g/mol. The summed E-state index contributed by atoms with van der Waals surface area (Å²) in [6.45, 7) is 10.2. The molecule has 148 valence electrons. The Kier molecular flexibility index (Phi) is 7.06. The number of rotatable bonds is 5. The lowest BCUT2D eigenvalue weighted by Gasteiger charge is -2.21. The molecule has 27 heavy (non-hydrogen) atoms. The van der Waals surface area contributed by atoms with Crippen LogP contribution in [0.3, 0.4) is 0 Å². The molecule has 0 aliphatic carbocycles. The highest BCUT2D eigenvalue weighted by Crippen LogP contribution is 2.32. The fraction of sp³-hybridized carbons (Fsp3) is 0.524. The van der Waals surface area contributed by atoms with Gasteiger partial charge < -0.3 is 10.6 Å². The van der Waals surface area contributed by atoms with E-state index in [1.54, 1.807) is 4.68 Å². The van der Waals surface area contributed by atoms with Crippen molar-refractivity contribution in [1.29, 1.82) is 0 Å². The molecule has 1 aromatic heterocycles. The first-order valence-electron chi connectivity index (χ1n) is 9.50. The molecule has 0 unspecified atom stereocenters. The number of anilines is 1. The lowest BCUT2D eigenvalue weighted by atomic mass is 9.89. The van der Waals surface area contributed by atoms with E-state index in [2.05, 4.69) is 61.6 Å². The maximum atomic E-state index is 13.0. The van der Waals surface area contributed by atoms with Crippen LogP contribution >= 0.6 is 12.4 Å². The van der Waals surface area contributed by atoms with E-state index in [4.69, 9.17) is 0 Å². The molecule has 1 aliphatic heterocycles. The van der Waals surface area contributed by atoms with Crippen molar-refractivity contribution in [2.45, 2.75) is 45.4 Å². The summed E-state index contributed by atoms with van der Waals surface area (Å²) in [6.07, 6.45) is 3.88. The molecule has 1 aliphatic rings. The zero-order valence-electron chi connectivity index (χ0n) is 16.8. The van der Waals surface area contributed by atoms with Gasteiger partial charge in [0.1, 0.15) is 0 Å². The van der Waals surface area contributed by atoms with Crippen LogP contribution in [-0.4, -0.2) is 28.8 Å². The number of aryl methyl sites for hydroxylation is 1. The maximum Gasteiger partial charge on any atom is 0.229 e. The smallest absolute Gasteiger partial charge is 0.229 e. The predicted octanol–water partition coefficient (Wildman–Crippen LogP) is 4.03. The second-order valence-electron chi connectivity index (χ2n) is 7.96. The average Bonchev–Trinajstić information content (AvgIpc) is 3.23. The van der Waals surface area contributed by atoms with Gasteiger partial charge in [0.05, 0.1) is 12.1 Å². The van der Waals surface area contributed by atoms with Crippen molar-refractivity contribution in [1.82, 2.24) is 15.1 Å². The fourth-order valence-corrected chi connectivity index (χ4v) is 3.69. The topological polar surface area (TPSA) is 59.0 Å². The number of nitrogens with zero attached hydrogens (tertiary/aromatic N) is 2. The van der Waals surface area contributed by atoms with Crippen molar-refractivity contribution >= 4 is 24.0 Å². The number of nitrogens with one attached hydrogen (secondary N) is 2. The van der Waals surface area contributed by atoms with Crippen molar-refractivity contribution < 1.29 is 4.79 Å². The number of carbonyl (C=O) groups excluding carboxylic acids is 1. The molecule has 6 heteroatoms. The van der Waals surface area contributed by atoms with Gasteiger partial charge in [0, 0.05) is 37.9 Å². The van der Waals surface area contributed by atoms with Crippen molar-refractivity contribution in [2.75, 3.05) is 18.4 Å². The van der Waals surface area contributed by atoms with Crippen LogP contribution in [0.1, 0.15) is 62.1 Å². The predicted molar refractivity (Wildman–Crippen MR) is 113 cm³/mol. The van der Waals surface area contributed by atoms with Crippen LogP contribution in [0.2, 0.25) is 0 Å². The number of amides is 1. The van der Waals surface area contributed by atoms with E-state index >= 15 is 0 Å². The number of aromatic nitrogens is 2. The minimum absolute atomic E-state index is 0. The highest BCUT2D eigenvalue weighted by molar-refractivity contribution is 5.94. The summed E-state index contributed by atoms with van der Waals surface area (Å²) in [4.78, 5) is 13.0. The Hall–Kier alpha value is -1.85. The van der Waals surface area contributed by atoms with Crippen LogP contribution in [-0.2, 0) is 11.8 Å². The van der Waals surface area contributed by atoms with E-state index in [9.17, 15) is 4.79 Å². The second kappa shape index (κ2) is 8.89. The standard InChI is InChI=1S/C21H30N4O.ClH/c1-13(2)15-6-7-20(17(8-15)14(3)4)24-21(26)19-11-22-10-18(19)16-9-23-25(5)12-16;/h6-9,12-14,18-19,22H,10-11H2,1-5H3,(H,24,26);1H/t18-,19+;/m1./s1. The van der Waals surface area contributed by atoms with E-state index in [0.29, 0.717) is 18.4 Å². The van der Waals surface area contributed by atoms with E-state index in [0.717, 1.165) is 17.8 Å². The van der Waals surface area contributed by atoms with Crippen LogP contribution < -0.4 is 10.6 Å². The van der Waals surface area contributed by atoms with Crippen molar-refractivity contribution in [3.8, 4) is 0 Å². The molecule has 1 saturated heterocycles. The molecular formula is C21H31ClN4O. The van der Waals surface area contributed by atoms with Crippen LogP contribution in [0.25, 0.3) is 0 Å². The Bertz CT molecular complexity index is 784. The highest BCUT2D eigenvalue weighted by Gasteiger charge is 2.35. The fourth-order valence-electron chi connectivity index (χ4n) is 3.69. The van der Waals surface area contributed by atoms with Gasteiger partial charge in [-0.15, -0.1) is 12.4 Å². The normalized spacial score (nSPS) is 19.4. The number of hydrogen-bond acceptors (Lipinski definition) is 3. The maximum absolute atomic E-state index is 13.0. The minimum Gasteiger partial charge on any atom is -0.326 e. The lowest BCUT2D eigenvalue weighted by Crippen LogP contribution is -2.28. The van der Waals surface area contributed by atoms with Gasteiger partial charge >= 0.3 is 0 Å². The third-order valence-corrected chi connectivity index (χ3v) is 5.33. The number of hydrogen-bond donors (Lipinski definition) is 2. The van der Waals surface area contributed by atoms with Crippen LogP contribution in [0, 0.1) is 5.92 Å². The molecule has 5 nitrogen and oxygen atoms in total. The molecule has 3 rings (SSSR count). The van der Waals surface area contributed by atoms with Gasteiger partial charge in [-0.1, -0.05) is 39.8 Å². The van der Waals surface area contributed by atoms with E-state index in [1.165, 1.54) is 11.1 Å². The summed E-state index contributed by atoms with van der Waals surface area (Å²) < 4.78 is 1.80. The third-order valence-electron chi connectivity index (χ3n) is 5.33. The first-order valence-corrected chi connectivity index (χ1v) is 9.50. The molecule has 2 atom stereocenters. The van der Waals surface area contributed by atoms with Gasteiger partial charge in [-0.3, -0.25) is 9.48 Å². The zero-order chi connectivity index (χ0) is 18.8. The summed E-state index contributed by atoms with van der Waals surface area (Å²) in [5.74, 6) is 1.01. The molecule has 1 fully saturated rings. The Morgan fingerprint density at radius 3 is 2.56 bits per heavy atom. The summed E-state index contributed by atoms with van der Waals surface area (Å²) in [6, 6.07) is 6.41. The van der Waals surface area contributed by atoms with Gasteiger partial charge in [-0.2, -0.15) is 5.10 Å². The van der Waals surface area contributed by atoms with Gasteiger partial charge in [0.2, 0.25) is 5.91 Å². The van der Waals surface area contributed by atoms with Crippen molar-refractivity contribution in [3.63, 3.8) is 0 Å². The summed E-state index contributed by atoms with van der Waals surface area (Å²) in [5, 5.41) is 10.8. The molecule has 2 N–H and O–H groups in total. The van der Waals surface area contributed by atoms with Gasteiger partial charge in [0.15, 0.2) is 0 Å². The zero-order valence-corrected chi connectivity index (χ0v) is 17.6. The van der Waals surface area contributed by atoms with Crippen LogP contribution in [0.5, 0.6) is 0 Å². The molecule has 2 heterocycles. The molecular weight excluding hydrogens is 360 g/mol. The third kappa shape index (κ3) is 4.71. The van der Waals surface area contributed by atoms with E-state index in [1.807, 2.05) is 19.4 Å². The van der Waals surface area contributed by atoms with Crippen molar-refractivity contribution in [2.24, 2.45) is 13.0 Å². The quantitative estimate of drug-likeness (QED) is 0.810. The summed E-state index contributed by atoms with van der Waals surface area (Å²) >= 11 is 0. The van der Waals surface area contributed by atoms with E-state index in [-0.39, 0.29) is 30.2 Å². The molecule has 2 aromatic rings. The summed E-state index contributed by atoms with van der Waals surface area (Å²) in [5.41, 5.74) is 4.57. The molecule has 0 bridgehead atoms. The first-order chi connectivity index (χ1) is 12.4. The molecule has 1 aromatic carbocycles. The van der Waals surface area contributed by atoms with Gasteiger partial charge in [-0.05, 0) is 34.6 Å². The molecule has 0 saturated carbocycles. The van der Waals surface area contributed by atoms with Crippen LogP contribution in [0.15, 0.2) is 30.6 Å². The van der Waals surface area contributed by atoms with Crippen molar-refractivity contribution in [3.05, 3.63) is 47.3 Å². The first kappa shape index (κ1) is 21.5.